The summed E-state index contributed by atoms with van der Waals surface area (Å²) in [5.41, 5.74) is 4.14. The summed E-state index contributed by atoms with van der Waals surface area (Å²) in [6.07, 6.45) is 1.08. The van der Waals surface area contributed by atoms with E-state index in [1.165, 1.54) is 5.56 Å². The number of benzene rings is 1. The summed E-state index contributed by atoms with van der Waals surface area (Å²) in [5, 5.41) is 12.9. The summed E-state index contributed by atoms with van der Waals surface area (Å²) in [4.78, 5) is 13.0. The number of aromatic nitrogens is 1. The van der Waals surface area contributed by atoms with Crippen LogP contribution in [0.4, 0.5) is 5.69 Å². The summed E-state index contributed by atoms with van der Waals surface area (Å²) in [5.74, 6) is -0.0167. The van der Waals surface area contributed by atoms with Crippen molar-refractivity contribution in [3.8, 4) is 0 Å². The number of carbonyl (C=O) groups is 1. The molecule has 2 aromatic rings. The van der Waals surface area contributed by atoms with Gasteiger partial charge in [0, 0.05) is 24.3 Å². The average molecular weight is 302 g/mol. The van der Waals surface area contributed by atoms with Crippen molar-refractivity contribution >= 4 is 11.7 Å². The van der Waals surface area contributed by atoms with Gasteiger partial charge in [-0.25, -0.2) is 0 Å². The Morgan fingerprint density at radius 3 is 2.45 bits per heavy atom. The highest BCUT2D eigenvalue weighted by molar-refractivity contribution is 5.67. The van der Waals surface area contributed by atoms with Gasteiger partial charge in [0.1, 0.15) is 5.76 Å². The Bertz CT molecular complexity index is 612. The molecule has 1 N–H and O–H groups in total. The van der Waals surface area contributed by atoms with Gasteiger partial charge in [-0.2, -0.15) is 0 Å². The number of nitrogens with zero attached hydrogens (tertiary/aromatic N) is 2. The average Bonchev–Trinajstić information content (AvgIpc) is 2.82. The largest absolute Gasteiger partial charge is 0.481 e. The van der Waals surface area contributed by atoms with Gasteiger partial charge in [0.25, 0.3) is 0 Å². The number of aryl methyl sites for hydroxylation is 3. The maximum Gasteiger partial charge on any atom is 0.305 e. The summed E-state index contributed by atoms with van der Waals surface area (Å²) < 4.78 is 5.20. The fraction of sp³-hybridized carbons (Fsp3) is 0.412. The minimum absolute atomic E-state index is 0.0961. The Hall–Kier alpha value is -2.30. The Morgan fingerprint density at radius 1 is 1.27 bits per heavy atom. The molecule has 1 aromatic carbocycles. The van der Waals surface area contributed by atoms with Gasteiger partial charge in [-0.1, -0.05) is 24.2 Å². The van der Waals surface area contributed by atoms with E-state index in [0.717, 1.165) is 29.1 Å². The maximum atomic E-state index is 10.9. The lowest BCUT2D eigenvalue weighted by molar-refractivity contribution is -0.136. The topological polar surface area (TPSA) is 66.6 Å². The van der Waals surface area contributed by atoms with E-state index in [-0.39, 0.29) is 6.42 Å². The van der Waals surface area contributed by atoms with Gasteiger partial charge in [0.05, 0.1) is 12.1 Å². The second kappa shape index (κ2) is 7.11. The quantitative estimate of drug-likeness (QED) is 0.849. The first-order valence-electron chi connectivity index (χ1n) is 7.48. The molecule has 0 atom stereocenters. The van der Waals surface area contributed by atoms with Crippen molar-refractivity contribution in [3.05, 3.63) is 46.8 Å². The van der Waals surface area contributed by atoms with Crippen molar-refractivity contribution in [1.82, 2.24) is 5.16 Å². The molecule has 0 saturated carbocycles. The van der Waals surface area contributed by atoms with Gasteiger partial charge in [-0.05, 0) is 38.0 Å². The Morgan fingerprint density at radius 2 is 1.95 bits per heavy atom. The predicted octanol–water partition coefficient (Wildman–Crippen LogP) is 3.34. The van der Waals surface area contributed by atoms with E-state index >= 15 is 0 Å². The molecule has 0 aliphatic heterocycles. The molecule has 1 heterocycles. The second-order valence-electron chi connectivity index (χ2n) is 5.39. The lowest BCUT2D eigenvalue weighted by Crippen LogP contribution is -2.26. The third-order valence-corrected chi connectivity index (χ3v) is 3.84. The molecule has 0 spiro atoms. The molecule has 0 radical (unpaired) electrons. The van der Waals surface area contributed by atoms with E-state index in [0.29, 0.717) is 13.1 Å². The van der Waals surface area contributed by atoms with Crippen LogP contribution in [0.5, 0.6) is 0 Å². The molecule has 5 heteroatoms. The first kappa shape index (κ1) is 16.1. The molecule has 0 fully saturated rings. The van der Waals surface area contributed by atoms with Crippen LogP contribution in [0.3, 0.4) is 0 Å². The van der Waals surface area contributed by atoms with E-state index in [4.69, 9.17) is 9.63 Å². The highest BCUT2D eigenvalue weighted by Crippen LogP contribution is 2.22. The number of carboxylic acids is 1. The first-order chi connectivity index (χ1) is 10.5. The predicted molar refractivity (Wildman–Crippen MR) is 85.1 cm³/mol. The Labute approximate surface area is 130 Å². The maximum absolute atomic E-state index is 10.9. The van der Waals surface area contributed by atoms with Gasteiger partial charge in [0.2, 0.25) is 0 Å². The van der Waals surface area contributed by atoms with Crippen molar-refractivity contribution in [1.29, 1.82) is 0 Å². The molecule has 5 nitrogen and oxygen atoms in total. The van der Waals surface area contributed by atoms with E-state index in [2.05, 4.69) is 29.1 Å². The van der Waals surface area contributed by atoms with Crippen LogP contribution in [0.2, 0.25) is 0 Å². The van der Waals surface area contributed by atoms with Crippen LogP contribution >= 0.6 is 0 Å². The van der Waals surface area contributed by atoms with Crippen LogP contribution < -0.4 is 4.90 Å². The number of aliphatic carboxylic acids is 1. The SMILES string of the molecule is CCc1ccc(N(CCC(=O)O)Cc2c(C)noc2C)cc1. The zero-order valence-electron chi connectivity index (χ0n) is 13.3. The number of anilines is 1. The van der Waals surface area contributed by atoms with E-state index in [9.17, 15) is 4.79 Å². The van der Waals surface area contributed by atoms with Crippen LogP contribution in [-0.4, -0.2) is 22.8 Å². The van der Waals surface area contributed by atoms with Crippen molar-refractivity contribution in [3.63, 3.8) is 0 Å². The number of hydrogen-bond acceptors (Lipinski definition) is 4. The van der Waals surface area contributed by atoms with Gasteiger partial charge in [-0.3, -0.25) is 4.79 Å². The van der Waals surface area contributed by atoms with Gasteiger partial charge >= 0.3 is 5.97 Å². The van der Waals surface area contributed by atoms with Gasteiger partial charge in [-0.15, -0.1) is 0 Å². The normalized spacial score (nSPS) is 10.7. The molecule has 0 unspecified atom stereocenters. The van der Waals surface area contributed by atoms with Crippen molar-refractivity contribution in [2.24, 2.45) is 0 Å². The lowest BCUT2D eigenvalue weighted by atomic mass is 10.1. The van der Waals surface area contributed by atoms with Crippen LogP contribution in [0.15, 0.2) is 28.8 Å². The molecular weight excluding hydrogens is 280 g/mol. The molecule has 0 saturated heterocycles. The lowest BCUT2D eigenvalue weighted by Gasteiger charge is -2.24. The summed E-state index contributed by atoms with van der Waals surface area (Å²) in [6, 6.07) is 8.24. The number of rotatable bonds is 7. The number of carboxylic acid groups (broad SMARTS) is 1. The zero-order chi connectivity index (χ0) is 16.1. The Balaban J connectivity index is 2.23. The minimum atomic E-state index is -0.797. The number of hydrogen-bond donors (Lipinski definition) is 1. The third-order valence-electron chi connectivity index (χ3n) is 3.84. The molecule has 118 valence electrons. The molecule has 2 rings (SSSR count). The van der Waals surface area contributed by atoms with Gasteiger partial charge in [0.15, 0.2) is 0 Å². The Kier molecular flexibility index (Phi) is 5.20. The molecule has 0 aliphatic rings. The summed E-state index contributed by atoms with van der Waals surface area (Å²) >= 11 is 0. The molecule has 1 aromatic heterocycles. The molecular formula is C17H22N2O3. The fourth-order valence-electron chi connectivity index (χ4n) is 2.39. The van der Waals surface area contributed by atoms with Crippen LogP contribution in [0.1, 0.15) is 35.9 Å². The highest BCUT2D eigenvalue weighted by atomic mass is 16.5. The molecule has 0 amide bonds. The standard InChI is InChI=1S/C17H22N2O3/c1-4-14-5-7-15(8-6-14)19(10-9-17(20)21)11-16-12(2)18-22-13(16)3/h5-8H,4,9-11H2,1-3H3,(H,20,21). The molecule has 0 bridgehead atoms. The smallest absolute Gasteiger partial charge is 0.305 e. The van der Waals surface area contributed by atoms with E-state index in [1.54, 1.807) is 0 Å². The molecule has 0 aliphatic carbocycles. The second-order valence-corrected chi connectivity index (χ2v) is 5.39. The van der Waals surface area contributed by atoms with Crippen molar-refractivity contribution < 1.29 is 14.4 Å². The van der Waals surface area contributed by atoms with Gasteiger partial charge < -0.3 is 14.5 Å². The monoisotopic (exact) mass is 302 g/mol. The van der Waals surface area contributed by atoms with Crippen LogP contribution in [-0.2, 0) is 17.8 Å². The van der Waals surface area contributed by atoms with E-state index in [1.807, 2.05) is 26.0 Å². The fourth-order valence-corrected chi connectivity index (χ4v) is 2.39. The third kappa shape index (κ3) is 3.87. The first-order valence-corrected chi connectivity index (χ1v) is 7.48. The highest BCUT2D eigenvalue weighted by Gasteiger charge is 2.15. The van der Waals surface area contributed by atoms with E-state index < -0.39 is 5.97 Å². The zero-order valence-corrected chi connectivity index (χ0v) is 13.3. The van der Waals surface area contributed by atoms with Crippen LogP contribution in [0.25, 0.3) is 0 Å². The molecule has 22 heavy (non-hydrogen) atoms. The van der Waals surface area contributed by atoms with Crippen molar-refractivity contribution in [2.75, 3.05) is 11.4 Å². The summed E-state index contributed by atoms with van der Waals surface area (Å²) in [7, 11) is 0. The minimum Gasteiger partial charge on any atom is -0.481 e. The van der Waals surface area contributed by atoms with Crippen LogP contribution in [0, 0.1) is 13.8 Å². The van der Waals surface area contributed by atoms with Crippen molar-refractivity contribution in [2.45, 2.75) is 40.2 Å². The summed E-state index contributed by atoms with van der Waals surface area (Å²) in [6.45, 7) is 6.94.